The third-order valence-electron chi connectivity index (χ3n) is 4.03. The summed E-state index contributed by atoms with van der Waals surface area (Å²) in [5.74, 6) is 0.667. The predicted molar refractivity (Wildman–Crippen MR) is 116 cm³/mol. The third-order valence-corrected chi connectivity index (χ3v) is 4.03. The average molecular weight is 403 g/mol. The van der Waals surface area contributed by atoms with Gasteiger partial charge in [0.25, 0.3) is 0 Å². The zero-order valence-electron chi connectivity index (χ0n) is 18.6. The highest BCUT2D eigenvalue weighted by atomic mass is 16.6. The second-order valence-electron chi connectivity index (χ2n) is 8.69. The van der Waals surface area contributed by atoms with E-state index in [1.54, 1.807) is 0 Å². The molecule has 29 heavy (non-hydrogen) atoms. The first-order chi connectivity index (χ1) is 13.5. The van der Waals surface area contributed by atoms with Gasteiger partial charge in [0, 0.05) is 25.0 Å². The number of aliphatic imine (C=N–C) groups is 1. The van der Waals surface area contributed by atoms with Gasteiger partial charge in [0.1, 0.15) is 11.2 Å². The lowest BCUT2D eigenvalue weighted by atomic mass is 10.1. The van der Waals surface area contributed by atoms with E-state index in [4.69, 9.17) is 4.74 Å². The summed E-state index contributed by atoms with van der Waals surface area (Å²) in [6.45, 7) is 15.1. The van der Waals surface area contributed by atoms with Gasteiger partial charge in [0.15, 0.2) is 5.96 Å². The second-order valence-corrected chi connectivity index (χ2v) is 8.69. The maximum absolute atomic E-state index is 12.1. The Kier molecular flexibility index (Phi) is 7.11. The highest BCUT2D eigenvalue weighted by molar-refractivity contribution is 5.80. The fourth-order valence-corrected chi connectivity index (χ4v) is 2.71. The van der Waals surface area contributed by atoms with Crippen LogP contribution in [0.25, 0.3) is 5.65 Å². The number of amides is 1. The van der Waals surface area contributed by atoms with E-state index in [2.05, 4.69) is 30.3 Å². The van der Waals surface area contributed by atoms with Gasteiger partial charge in [0.05, 0.1) is 17.8 Å². The van der Waals surface area contributed by atoms with Crippen LogP contribution in [0.4, 0.5) is 4.79 Å². The summed E-state index contributed by atoms with van der Waals surface area (Å²) in [7, 11) is 0. The van der Waals surface area contributed by atoms with Gasteiger partial charge in [-0.3, -0.25) is 0 Å². The molecule has 0 atom stereocenters. The molecule has 2 aromatic rings. The summed E-state index contributed by atoms with van der Waals surface area (Å²) >= 11 is 0. The van der Waals surface area contributed by atoms with Gasteiger partial charge in [-0.1, -0.05) is 6.07 Å². The van der Waals surface area contributed by atoms with Crippen LogP contribution in [-0.2, 0) is 11.3 Å². The molecule has 2 rings (SSSR count). The summed E-state index contributed by atoms with van der Waals surface area (Å²) in [6, 6.07) is 6.03. The molecule has 0 radical (unpaired) electrons. The number of rotatable bonds is 6. The van der Waals surface area contributed by atoms with E-state index in [-0.39, 0.29) is 0 Å². The molecule has 160 valence electrons. The monoisotopic (exact) mass is 402 g/mol. The molecule has 0 unspecified atom stereocenters. The number of fused-ring (bicyclic) bond motifs is 1. The van der Waals surface area contributed by atoms with Crippen molar-refractivity contribution in [3.8, 4) is 0 Å². The average Bonchev–Trinajstić information content (AvgIpc) is 2.99. The molecule has 0 bridgehead atoms. The van der Waals surface area contributed by atoms with Gasteiger partial charge in [-0.05, 0) is 60.6 Å². The number of imidazole rings is 1. The summed E-state index contributed by atoms with van der Waals surface area (Å²) < 4.78 is 7.39. The number of guanidine groups is 1. The quantitative estimate of drug-likeness (QED) is 0.510. The number of alkyl carbamates (subject to hydrolysis) is 1. The van der Waals surface area contributed by atoms with Crippen LogP contribution in [0.3, 0.4) is 0 Å². The van der Waals surface area contributed by atoms with Gasteiger partial charge in [-0.25, -0.2) is 14.8 Å². The smallest absolute Gasteiger partial charge is 0.408 e. The van der Waals surface area contributed by atoms with Crippen molar-refractivity contribution in [2.24, 2.45) is 4.99 Å². The Labute approximate surface area is 173 Å². The van der Waals surface area contributed by atoms with Crippen molar-refractivity contribution in [3.05, 3.63) is 35.8 Å². The largest absolute Gasteiger partial charge is 0.444 e. The maximum atomic E-state index is 12.1. The molecule has 8 nitrogen and oxygen atoms in total. The van der Waals surface area contributed by atoms with Crippen molar-refractivity contribution in [1.29, 1.82) is 0 Å². The first kappa shape index (κ1) is 22.5. The molecule has 3 N–H and O–H groups in total. The lowest BCUT2D eigenvalue weighted by Gasteiger charge is -2.29. The molecule has 8 heteroatoms. The molecule has 0 aliphatic heterocycles. The molecule has 0 aliphatic carbocycles. The fraction of sp³-hybridized carbons (Fsp3) is 0.571. The molecule has 0 spiro atoms. The summed E-state index contributed by atoms with van der Waals surface area (Å²) in [6.07, 6.45) is 1.57. The molecular weight excluding hydrogens is 368 g/mol. The van der Waals surface area contributed by atoms with Crippen molar-refractivity contribution in [2.45, 2.75) is 66.2 Å². The molecule has 0 aliphatic rings. The molecule has 2 heterocycles. The second kappa shape index (κ2) is 9.15. The summed E-state index contributed by atoms with van der Waals surface area (Å²) in [5.41, 5.74) is 1.89. The normalized spacial score (nSPS) is 12.7. The SMILES string of the molecule is CCNC(=NCc1cn2c(C)cccc2n1)NCC(C)(C)NC(=O)OC(C)(C)C. The molecule has 0 aromatic carbocycles. The lowest BCUT2D eigenvalue weighted by Crippen LogP contribution is -2.54. The zero-order chi connectivity index (χ0) is 21.7. The first-order valence-corrected chi connectivity index (χ1v) is 9.96. The zero-order valence-corrected chi connectivity index (χ0v) is 18.6. The molecule has 0 saturated carbocycles. The van der Waals surface area contributed by atoms with E-state index >= 15 is 0 Å². The number of ether oxygens (including phenoxy) is 1. The van der Waals surface area contributed by atoms with Crippen molar-refractivity contribution in [3.63, 3.8) is 0 Å². The number of nitrogens with zero attached hydrogens (tertiary/aromatic N) is 3. The minimum absolute atomic E-state index is 0.439. The minimum Gasteiger partial charge on any atom is -0.444 e. The van der Waals surface area contributed by atoms with Crippen LogP contribution in [0.15, 0.2) is 29.4 Å². The number of aryl methyl sites for hydroxylation is 1. The minimum atomic E-state index is -0.531. The molecule has 0 fully saturated rings. The Morgan fingerprint density at radius 1 is 1.21 bits per heavy atom. The van der Waals surface area contributed by atoms with E-state index in [1.165, 1.54) is 0 Å². The van der Waals surface area contributed by atoms with E-state index < -0.39 is 17.2 Å². The van der Waals surface area contributed by atoms with Crippen molar-refractivity contribution < 1.29 is 9.53 Å². The van der Waals surface area contributed by atoms with Gasteiger partial charge >= 0.3 is 6.09 Å². The summed E-state index contributed by atoms with van der Waals surface area (Å²) in [5, 5.41) is 9.39. The van der Waals surface area contributed by atoms with Crippen LogP contribution in [0.5, 0.6) is 0 Å². The van der Waals surface area contributed by atoms with Gasteiger partial charge in [0.2, 0.25) is 0 Å². The van der Waals surface area contributed by atoms with Crippen LogP contribution < -0.4 is 16.0 Å². The number of carbonyl (C=O) groups excluding carboxylic acids is 1. The van der Waals surface area contributed by atoms with E-state index in [1.807, 2.05) is 72.9 Å². The Morgan fingerprint density at radius 3 is 2.55 bits per heavy atom. The van der Waals surface area contributed by atoms with Crippen LogP contribution >= 0.6 is 0 Å². The number of hydrogen-bond acceptors (Lipinski definition) is 4. The van der Waals surface area contributed by atoms with Crippen LogP contribution in [0.1, 0.15) is 52.9 Å². The van der Waals surface area contributed by atoms with Crippen LogP contribution in [0, 0.1) is 6.92 Å². The topological polar surface area (TPSA) is 92.0 Å². The van der Waals surface area contributed by atoms with Gasteiger partial charge in [-0.2, -0.15) is 0 Å². The molecule has 1 amide bonds. The predicted octanol–water partition coefficient (Wildman–Crippen LogP) is 3.00. The Balaban J connectivity index is 1.99. The fourth-order valence-electron chi connectivity index (χ4n) is 2.71. The number of aromatic nitrogens is 2. The first-order valence-electron chi connectivity index (χ1n) is 9.96. The third kappa shape index (κ3) is 7.29. The standard InChI is InChI=1S/C21H34N6O2/c1-8-22-18(24-14-21(6,7)26-19(28)29-20(3,4)5)23-12-16-13-27-15(2)10-9-11-17(27)25-16/h9-11,13H,8,12,14H2,1-7H3,(H,26,28)(H2,22,23,24). The van der Waals surface area contributed by atoms with Gasteiger partial charge in [-0.15, -0.1) is 0 Å². The van der Waals surface area contributed by atoms with Crippen molar-refractivity contribution in [2.75, 3.05) is 13.1 Å². The molecule has 0 saturated heterocycles. The van der Waals surface area contributed by atoms with E-state index in [9.17, 15) is 4.79 Å². The van der Waals surface area contributed by atoms with Crippen molar-refractivity contribution in [1.82, 2.24) is 25.3 Å². The van der Waals surface area contributed by atoms with E-state index in [0.717, 1.165) is 23.6 Å². The Bertz CT molecular complexity index is 864. The van der Waals surface area contributed by atoms with Gasteiger partial charge < -0.3 is 25.1 Å². The van der Waals surface area contributed by atoms with E-state index in [0.29, 0.717) is 19.0 Å². The number of nitrogens with one attached hydrogen (secondary N) is 3. The van der Waals surface area contributed by atoms with Crippen LogP contribution in [0.2, 0.25) is 0 Å². The van der Waals surface area contributed by atoms with Crippen molar-refractivity contribution >= 4 is 17.7 Å². The Morgan fingerprint density at radius 2 is 1.93 bits per heavy atom. The number of hydrogen-bond donors (Lipinski definition) is 3. The maximum Gasteiger partial charge on any atom is 0.408 e. The highest BCUT2D eigenvalue weighted by Gasteiger charge is 2.24. The summed E-state index contributed by atoms with van der Waals surface area (Å²) in [4.78, 5) is 21.3. The highest BCUT2D eigenvalue weighted by Crippen LogP contribution is 2.10. The number of pyridine rings is 1. The Hall–Kier alpha value is -2.77. The van der Waals surface area contributed by atoms with Crippen LogP contribution in [-0.4, -0.2) is 45.7 Å². The lowest BCUT2D eigenvalue weighted by molar-refractivity contribution is 0.0474. The molecule has 2 aromatic heterocycles. The molecular formula is C21H34N6O2. The number of carbonyl (C=O) groups is 1.